The quantitative estimate of drug-likeness (QED) is 0.373. The van der Waals surface area contributed by atoms with Crippen molar-refractivity contribution in [2.75, 3.05) is 26.7 Å². The first-order valence-corrected chi connectivity index (χ1v) is 9.06. The number of halogens is 1. The number of guanidine groups is 1. The van der Waals surface area contributed by atoms with E-state index in [1.807, 2.05) is 33.0 Å². The third-order valence-electron chi connectivity index (χ3n) is 4.36. The van der Waals surface area contributed by atoms with Gasteiger partial charge in [-0.1, -0.05) is 19.1 Å². The van der Waals surface area contributed by atoms with Gasteiger partial charge in [-0.25, -0.2) is 0 Å². The normalized spacial score (nSPS) is 18.1. The average Bonchev–Trinajstić information content (AvgIpc) is 3.02. The van der Waals surface area contributed by atoms with Gasteiger partial charge in [0.15, 0.2) is 5.96 Å². The van der Waals surface area contributed by atoms with Crippen LogP contribution in [0.2, 0.25) is 0 Å². The van der Waals surface area contributed by atoms with Crippen molar-refractivity contribution in [1.82, 2.24) is 15.5 Å². The van der Waals surface area contributed by atoms with E-state index in [0.717, 1.165) is 31.3 Å². The van der Waals surface area contributed by atoms with Crippen LogP contribution in [0.15, 0.2) is 29.3 Å². The van der Waals surface area contributed by atoms with Gasteiger partial charge in [0.25, 0.3) is 0 Å². The van der Waals surface area contributed by atoms with Crippen molar-refractivity contribution in [3.05, 3.63) is 29.8 Å². The Morgan fingerprint density at radius 1 is 1.36 bits per heavy atom. The van der Waals surface area contributed by atoms with Gasteiger partial charge in [-0.2, -0.15) is 0 Å². The molecule has 0 radical (unpaired) electrons. The molecule has 0 spiro atoms. The summed E-state index contributed by atoms with van der Waals surface area (Å²) in [4.78, 5) is 6.87. The highest BCUT2D eigenvalue weighted by Crippen LogP contribution is 2.16. The largest absolute Gasteiger partial charge is 0.491 e. The van der Waals surface area contributed by atoms with Gasteiger partial charge in [0.1, 0.15) is 5.75 Å². The van der Waals surface area contributed by atoms with Crippen LogP contribution in [0.3, 0.4) is 0 Å². The Morgan fingerprint density at radius 2 is 2.16 bits per heavy atom. The summed E-state index contributed by atoms with van der Waals surface area (Å²) in [6.45, 7) is 10.3. The van der Waals surface area contributed by atoms with Gasteiger partial charge in [-0.3, -0.25) is 9.89 Å². The van der Waals surface area contributed by atoms with Gasteiger partial charge in [0, 0.05) is 26.2 Å². The van der Waals surface area contributed by atoms with Crippen molar-refractivity contribution in [2.24, 2.45) is 4.99 Å². The lowest BCUT2D eigenvalue weighted by atomic mass is 10.2. The Hall–Kier alpha value is -1.02. The molecule has 0 saturated carbocycles. The first-order chi connectivity index (χ1) is 11.6. The van der Waals surface area contributed by atoms with E-state index in [1.54, 1.807) is 0 Å². The molecule has 1 unspecified atom stereocenters. The van der Waals surface area contributed by atoms with E-state index >= 15 is 0 Å². The molecule has 1 heterocycles. The summed E-state index contributed by atoms with van der Waals surface area (Å²) in [6, 6.07) is 8.83. The molecule has 1 atom stereocenters. The maximum atomic E-state index is 5.75. The Kier molecular flexibility index (Phi) is 10.2. The lowest BCUT2D eigenvalue weighted by Crippen LogP contribution is -2.44. The Balaban J connectivity index is 0.00000312. The minimum absolute atomic E-state index is 0. The zero-order chi connectivity index (χ0) is 17.4. The monoisotopic (exact) mass is 460 g/mol. The van der Waals surface area contributed by atoms with Crippen LogP contribution in [0.4, 0.5) is 0 Å². The number of ether oxygens (including phenoxy) is 1. The third-order valence-corrected chi connectivity index (χ3v) is 4.36. The SMILES string of the molecule is CCN1CCCC1CNC(=NC)NCc1cccc(OC(C)C)c1.I. The fraction of sp³-hybridized carbons (Fsp3) is 0.632. The van der Waals surface area contributed by atoms with Crippen molar-refractivity contribution >= 4 is 29.9 Å². The van der Waals surface area contributed by atoms with Crippen LogP contribution in [0.25, 0.3) is 0 Å². The number of hydrogen-bond donors (Lipinski definition) is 2. The van der Waals surface area contributed by atoms with Gasteiger partial charge >= 0.3 is 0 Å². The summed E-state index contributed by atoms with van der Waals surface area (Å²) in [5.41, 5.74) is 1.19. The van der Waals surface area contributed by atoms with E-state index in [0.29, 0.717) is 6.04 Å². The standard InChI is InChI=1S/C19H32N4O.HI/c1-5-23-11-7-9-17(23)14-22-19(20-4)21-13-16-8-6-10-18(12-16)24-15(2)3;/h6,8,10,12,15,17H,5,7,9,11,13-14H2,1-4H3,(H2,20,21,22);1H. The highest BCUT2D eigenvalue weighted by atomic mass is 127. The molecule has 0 amide bonds. The highest BCUT2D eigenvalue weighted by molar-refractivity contribution is 14.0. The second kappa shape index (κ2) is 11.6. The van der Waals surface area contributed by atoms with Crippen molar-refractivity contribution in [3.63, 3.8) is 0 Å². The maximum Gasteiger partial charge on any atom is 0.191 e. The zero-order valence-electron chi connectivity index (χ0n) is 15.9. The molecule has 1 aliphatic rings. The molecule has 0 bridgehead atoms. The fourth-order valence-corrected chi connectivity index (χ4v) is 3.16. The number of aliphatic imine (C=N–C) groups is 1. The molecule has 1 aromatic rings. The van der Waals surface area contributed by atoms with Crippen molar-refractivity contribution < 1.29 is 4.74 Å². The molecule has 1 aliphatic heterocycles. The molecule has 1 fully saturated rings. The van der Waals surface area contributed by atoms with Crippen LogP contribution >= 0.6 is 24.0 Å². The molecule has 1 saturated heterocycles. The Morgan fingerprint density at radius 3 is 2.84 bits per heavy atom. The number of benzene rings is 1. The molecule has 25 heavy (non-hydrogen) atoms. The van der Waals surface area contributed by atoms with Crippen LogP contribution in [0.5, 0.6) is 5.75 Å². The summed E-state index contributed by atoms with van der Waals surface area (Å²) in [6.07, 6.45) is 2.76. The smallest absolute Gasteiger partial charge is 0.191 e. The number of rotatable bonds is 7. The van der Waals surface area contributed by atoms with Crippen molar-refractivity contribution in [2.45, 2.75) is 52.3 Å². The van der Waals surface area contributed by atoms with E-state index in [2.05, 4.69) is 39.6 Å². The molecular weight excluding hydrogens is 427 g/mol. The van der Waals surface area contributed by atoms with Crippen LogP contribution < -0.4 is 15.4 Å². The summed E-state index contributed by atoms with van der Waals surface area (Å²) < 4.78 is 5.75. The van der Waals surface area contributed by atoms with Crippen LogP contribution in [-0.4, -0.2) is 49.7 Å². The number of likely N-dealkylation sites (tertiary alicyclic amines) is 1. The summed E-state index contributed by atoms with van der Waals surface area (Å²) >= 11 is 0. The molecule has 0 aliphatic carbocycles. The summed E-state index contributed by atoms with van der Waals surface area (Å²) in [5, 5.41) is 6.85. The predicted molar refractivity (Wildman–Crippen MR) is 116 cm³/mol. The third kappa shape index (κ3) is 7.40. The van der Waals surface area contributed by atoms with Crippen LogP contribution in [0, 0.1) is 0 Å². The maximum absolute atomic E-state index is 5.75. The molecule has 1 aromatic carbocycles. The minimum Gasteiger partial charge on any atom is -0.491 e. The molecule has 142 valence electrons. The molecule has 6 heteroatoms. The second-order valence-corrected chi connectivity index (χ2v) is 6.55. The molecular formula is C19H33IN4O. The first-order valence-electron chi connectivity index (χ1n) is 9.06. The number of hydrogen-bond acceptors (Lipinski definition) is 3. The van der Waals surface area contributed by atoms with Gasteiger partial charge in [0.05, 0.1) is 6.10 Å². The topological polar surface area (TPSA) is 48.9 Å². The Labute approximate surface area is 169 Å². The van der Waals surface area contributed by atoms with E-state index in [-0.39, 0.29) is 30.1 Å². The fourth-order valence-electron chi connectivity index (χ4n) is 3.16. The second-order valence-electron chi connectivity index (χ2n) is 6.55. The number of nitrogens with zero attached hydrogens (tertiary/aromatic N) is 2. The van der Waals surface area contributed by atoms with E-state index < -0.39 is 0 Å². The summed E-state index contributed by atoms with van der Waals surface area (Å²) in [7, 11) is 1.82. The summed E-state index contributed by atoms with van der Waals surface area (Å²) in [5.74, 6) is 1.77. The zero-order valence-corrected chi connectivity index (χ0v) is 18.2. The minimum atomic E-state index is 0. The van der Waals surface area contributed by atoms with Crippen LogP contribution in [0.1, 0.15) is 39.2 Å². The lowest BCUT2D eigenvalue weighted by Gasteiger charge is -2.24. The molecule has 0 aromatic heterocycles. The van der Waals surface area contributed by atoms with E-state index in [1.165, 1.54) is 24.9 Å². The van der Waals surface area contributed by atoms with E-state index in [4.69, 9.17) is 4.74 Å². The van der Waals surface area contributed by atoms with Gasteiger partial charge < -0.3 is 15.4 Å². The van der Waals surface area contributed by atoms with Crippen molar-refractivity contribution in [3.8, 4) is 5.75 Å². The van der Waals surface area contributed by atoms with Gasteiger partial charge in [-0.15, -0.1) is 24.0 Å². The predicted octanol–water partition coefficient (Wildman–Crippen LogP) is 3.24. The Bertz CT molecular complexity index is 536. The van der Waals surface area contributed by atoms with Gasteiger partial charge in [0.2, 0.25) is 0 Å². The van der Waals surface area contributed by atoms with Gasteiger partial charge in [-0.05, 0) is 57.5 Å². The number of nitrogens with one attached hydrogen (secondary N) is 2. The molecule has 2 rings (SSSR count). The lowest BCUT2D eigenvalue weighted by molar-refractivity contribution is 0.242. The highest BCUT2D eigenvalue weighted by Gasteiger charge is 2.22. The van der Waals surface area contributed by atoms with E-state index in [9.17, 15) is 0 Å². The molecule has 2 N–H and O–H groups in total. The molecule has 5 nitrogen and oxygen atoms in total. The number of likely N-dealkylation sites (N-methyl/N-ethyl adjacent to an activating group) is 1. The van der Waals surface area contributed by atoms with Crippen molar-refractivity contribution in [1.29, 1.82) is 0 Å². The average molecular weight is 460 g/mol. The first kappa shape index (κ1) is 22.0. The van der Waals surface area contributed by atoms with Crippen LogP contribution in [-0.2, 0) is 6.54 Å².